The van der Waals surface area contributed by atoms with Crippen LogP contribution in [-0.4, -0.2) is 39.6 Å². The lowest BCUT2D eigenvalue weighted by Gasteiger charge is -1.88. The third-order valence-corrected chi connectivity index (χ3v) is 2.46. The van der Waals surface area contributed by atoms with Crippen LogP contribution in [0.15, 0.2) is 10.4 Å². The van der Waals surface area contributed by atoms with E-state index in [2.05, 4.69) is 30.6 Å². The normalized spacial score (nSPS) is 11.2. The van der Waals surface area contributed by atoms with Crippen LogP contribution in [0.5, 0.6) is 0 Å². The fourth-order valence-corrected chi connectivity index (χ4v) is 1.46. The Morgan fingerprint density at radius 1 is 0.909 bits per heavy atom. The summed E-state index contributed by atoms with van der Waals surface area (Å²) < 4.78 is 0. The Balaban J connectivity index is 2.36. The van der Waals surface area contributed by atoms with Gasteiger partial charge in [0.15, 0.2) is 0 Å². The predicted octanol–water partition coefficient (Wildman–Crippen LogP) is 0.489. The van der Waals surface area contributed by atoms with E-state index in [1.165, 1.54) is 0 Å². The first-order chi connectivity index (χ1) is 10.5. The van der Waals surface area contributed by atoms with Crippen LogP contribution in [-0.2, 0) is 12.8 Å². The molecule has 116 valence electrons. The summed E-state index contributed by atoms with van der Waals surface area (Å²) in [5.41, 5.74) is 0. The van der Waals surface area contributed by atoms with Crippen molar-refractivity contribution in [1.82, 2.24) is 29.7 Å². The summed E-state index contributed by atoms with van der Waals surface area (Å²) in [6.07, 6.45) is 0.663. The Kier molecular flexibility index (Phi) is 4.10. The largest absolute Gasteiger partial charge is 0.493 e. The Labute approximate surface area is 121 Å². The number of nitro groups is 2. The predicted molar refractivity (Wildman–Crippen MR) is 67.8 cm³/mol. The first kappa shape index (κ1) is 15.1. The van der Waals surface area contributed by atoms with E-state index in [1.807, 2.05) is 0 Å². The Bertz CT molecular complexity index is 684. The maximum absolute atomic E-state index is 10.6. The van der Waals surface area contributed by atoms with Crippen molar-refractivity contribution in [3.63, 3.8) is 0 Å². The SMILES string of the molecule is CCc1nc([N+](=O)[O-])nn1N=Nn1nc([N+](=O)[O-])nc1CC. The average molecular weight is 310 g/mol. The third kappa shape index (κ3) is 2.89. The molecule has 0 aromatic carbocycles. The van der Waals surface area contributed by atoms with Crippen molar-refractivity contribution < 1.29 is 9.85 Å². The van der Waals surface area contributed by atoms with E-state index in [0.29, 0.717) is 12.8 Å². The van der Waals surface area contributed by atoms with Gasteiger partial charge in [0.2, 0.25) is 11.6 Å². The molecule has 0 aliphatic heterocycles. The third-order valence-electron chi connectivity index (χ3n) is 2.46. The number of aryl methyl sites for hydroxylation is 2. The molecule has 2 rings (SSSR count). The van der Waals surface area contributed by atoms with Crippen molar-refractivity contribution in [2.45, 2.75) is 26.7 Å². The van der Waals surface area contributed by atoms with Crippen molar-refractivity contribution in [2.75, 3.05) is 0 Å². The zero-order chi connectivity index (χ0) is 16.3. The second-order valence-electron chi connectivity index (χ2n) is 3.84. The zero-order valence-electron chi connectivity index (χ0n) is 11.5. The van der Waals surface area contributed by atoms with Gasteiger partial charge in [-0.25, -0.2) is 0 Å². The Morgan fingerprint density at radius 3 is 1.55 bits per heavy atom. The van der Waals surface area contributed by atoms with Gasteiger partial charge in [-0.1, -0.05) is 13.8 Å². The van der Waals surface area contributed by atoms with Gasteiger partial charge in [-0.3, -0.25) is 0 Å². The summed E-state index contributed by atoms with van der Waals surface area (Å²) in [7, 11) is 0. The van der Waals surface area contributed by atoms with Crippen molar-refractivity contribution in [1.29, 1.82) is 0 Å². The first-order valence-electron chi connectivity index (χ1n) is 6.09. The van der Waals surface area contributed by atoms with E-state index in [-0.39, 0.29) is 11.6 Å². The van der Waals surface area contributed by atoms with E-state index in [1.54, 1.807) is 13.8 Å². The maximum Gasteiger partial charge on any atom is 0.493 e. The molecule has 0 bridgehead atoms. The fourth-order valence-electron chi connectivity index (χ4n) is 1.46. The molecule has 22 heavy (non-hydrogen) atoms. The van der Waals surface area contributed by atoms with Gasteiger partial charge in [-0.2, -0.15) is 0 Å². The molecule has 0 aliphatic carbocycles. The highest BCUT2D eigenvalue weighted by atomic mass is 16.6. The molecule has 0 unspecified atom stereocenters. The van der Waals surface area contributed by atoms with Crippen LogP contribution in [0.25, 0.3) is 0 Å². The number of hydrogen-bond acceptors (Lipinski definition) is 10. The molecule has 0 atom stereocenters. The molecule has 0 spiro atoms. The lowest BCUT2D eigenvalue weighted by molar-refractivity contribution is -0.394. The molecule has 0 saturated carbocycles. The fraction of sp³-hybridized carbons (Fsp3) is 0.500. The van der Waals surface area contributed by atoms with E-state index in [0.717, 1.165) is 9.58 Å². The number of aromatic nitrogens is 6. The second kappa shape index (κ2) is 5.98. The van der Waals surface area contributed by atoms with Crippen LogP contribution in [0.1, 0.15) is 25.5 Å². The monoisotopic (exact) mass is 310 g/mol. The van der Waals surface area contributed by atoms with Gasteiger partial charge in [0, 0.05) is 12.8 Å². The molecular weight excluding hydrogens is 300 g/mol. The number of hydrogen-bond donors (Lipinski definition) is 0. The topological polar surface area (TPSA) is 172 Å². The van der Waals surface area contributed by atoms with Gasteiger partial charge >= 0.3 is 11.9 Å². The van der Waals surface area contributed by atoms with Crippen LogP contribution in [0.2, 0.25) is 0 Å². The minimum Gasteiger partial charge on any atom is -0.390 e. The van der Waals surface area contributed by atoms with Crippen molar-refractivity contribution in [3.8, 4) is 0 Å². The summed E-state index contributed by atoms with van der Waals surface area (Å²) in [4.78, 5) is 28.8. The summed E-state index contributed by atoms with van der Waals surface area (Å²) in [6, 6.07) is 0. The summed E-state index contributed by atoms with van der Waals surface area (Å²) in [5, 5.41) is 35.6. The second-order valence-corrected chi connectivity index (χ2v) is 3.84. The molecule has 0 saturated heterocycles. The molecule has 0 N–H and O–H groups in total. The highest BCUT2D eigenvalue weighted by Crippen LogP contribution is 2.09. The van der Waals surface area contributed by atoms with Crippen molar-refractivity contribution >= 4 is 11.9 Å². The molecule has 0 aliphatic rings. The van der Waals surface area contributed by atoms with E-state index < -0.39 is 21.7 Å². The van der Waals surface area contributed by atoms with Crippen LogP contribution in [0.4, 0.5) is 11.9 Å². The lowest BCUT2D eigenvalue weighted by Crippen LogP contribution is -2.02. The molecule has 0 fully saturated rings. The van der Waals surface area contributed by atoms with Crippen LogP contribution < -0.4 is 0 Å². The number of nitrogens with zero attached hydrogens (tertiary/aromatic N) is 10. The highest BCUT2D eigenvalue weighted by Gasteiger charge is 2.22. The van der Waals surface area contributed by atoms with Crippen LogP contribution in [0, 0.1) is 20.2 Å². The van der Waals surface area contributed by atoms with Gasteiger partial charge < -0.3 is 20.2 Å². The molecule has 14 nitrogen and oxygen atoms in total. The van der Waals surface area contributed by atoms with Crippen molar-refractivity contribution in [3.05, 3.63) is 31.9 Å². The highest BCUT2D eigenvalue weighted by molar-refractivity contribution is 5.05. The minimum atomic E-state index is -0.761. The van der Waals surface area contributed by atoms with E-state index >= 15 is 0 Å². The Morgan fingerprint density at radius 2 is 1.27 bits per heavy atom. The van der Waals surface area contributed by atoms with Gasteiger partial charge in [0.1, 0.15) is 0 Å². The van der Waals surface area contributed by atoms with Gasteiger partial charge in [-0.05, 0) is 39.8 Å². The summed E-state index contributed by atoms with van der Waals surface area (Å²) in [5.74, 6) is -0.807. The van der Waals surface area contributed by atoms with Gasteiger partial charge in [0.05, 0.1) is 10.2 Å². The minimum absolute atomic E-state index is 0.211. The van der Waals surface area contributed by atoms with Crippen LogP contribution in [0.3, 0.4) is 0 Å². The lowest BCUT2D eigenvalue weighted by atomic mass is 10.5. The molecule has 0 amide bonds. The van der Waals surface area contributed by atoms with E-state index in [4.69, 9.17) is 0 Å². The average Bonchev–Trinajstić information content (AvgIpc) is 3.08. The molecule has 2 aromatic heterocycles. The maximum atomic E-state index is 10.6. The molecular formula is C8H10N10O4. The number of rotatable bonds is 6. The van der Waals surface area contributed by atoms with Crippen molar-refractivity contribution in [2.24, 2.45) is 10.4 Å². The van der Waals surface area contributed by atoms with Crippen LogP contribution >= 0.6 is 0 Å². The standard InChI is InChI=1S/C8H10N10O4/c1-3-5-9-7(17(19)20)11-15(5)13-14-16-6(4-2)10-8(12-16)18(21)22/h3-4H2,1-2H3. The molecule has 2 aromatic rings. The Hall–Kier alpha value is -3.32. The van der Waals surface area contributed by atoms with Gasteiger partial charge in [0.25, 0.3) is 0 Å². The molecule has 2 heterocycles. The summed E-state index contributed by atoms with van der Waals surface area (Å²) >= 11 is 0. The molecule has 0 radical (unpaired) electrons. The van der Waals surface area contributed by atoms with E-state index in [9.17, 15) is 20.2 Å². The quantitative estimate of drug-likeness (QED) is 0.421. The summed E-state index contributed by atoms with van der Waals surface area (Å²) in [6.45, 7) is 3.41. The zero-order valence-corrected chi connectivity index (χ0v) is 11.5. The first-order valence-corrected chi connectivity index (χ1v) is 6.09. The molecule has 14 heteroatoms. The van der Waals surface area contributed by atoms with Gasteiger partial charge in [-0.15, -0.1) is 0 Å². The smallest absolute Gasteiger partial charge is 0.390 e.